The number of methoxy groups -OCH3 is 1. The summed E-state index contributed by atoms with van der Waals surface area (Å²) >= 11 is 0. The Morgan fingerprint density at radius 3 is 2.65 bits per heavy atom. The molecule has 0 amide bonds. The third-order valence-corrected chi connectivity index (χ3v) is 7.08. The summed E-state index contributed by atoms with van der Waals surface area (Å²) in [6, 6.07) is 2.50. The number of sulfone groups is 1. The fraction of sp³-hybridized carbons (Fsp3) is 0.429. The van der Waals surface area contributed by atoms with E-state index >= 15 is 0 Å². The molecule has 1 atom stereocenters. The van der Waals surface area contributed by atoms with Gasteiger partial charge in [0.15, 0.2) is 15.7 Å². The van der Waals surface area contributed by atoms with E-state index < -0.39 is 26.4 Å². The summed E-state index contributed by atoms with van der Waals surface area (Å²) in [5, 5.41) is 0. The number of pyridine rings is 1. The molecule has 1 unspecified atom stereocenters. The number of aryl methyl sites for hydroxylation is 2. The van der Waals surface area contributed by atoms with Crippen LogP contribution < -0.4 is 5.73 Å². The minimum atomic E-state index is -3.82. The lowest BCUT2D eigenvalue weighted by Gasteiger charge is -2.14. The summed E-state index contributed by atoms with van der Waals surface area (Å²) < 4.78 is 59.1. The molecular weight excluding hydrogens is 426 g/mol. The number of rotatable bonds is 9. The number of halogens is 2. The van der Waals surface area contributed by atoms with Gasteiger partial charge in [-0.05, 0) is 44.4 Å². The molecular formula is C21H26F2N4O3S. The van der Waals surface area contributed by atoms with Crippen molar-refractivity contribution in [3.8, 4) is 0 Å². The van der Waals surface area contributed by atoms with E-state index in [-0.39, 0.29) is 11.9 Å². The van der Waals surface area contributed by atoms with Gasteiger partial charge in [0.25, 0.3) is 0 Å². The Kier molecular flexibility index (Phi) is 6.90. The predicted molar refractivity (Wildman–Crippen MR) is 114 cm³/mol. The van der Waals surface area contributed by atoms with E-state index in [1.165, 1.54) is 0 Å². The Labute approximate surface area is 180 Å². The van der Waals surface area contributed by atoms with Crippen LogP contribution in [0.5, 0.6) is 0 Å². The van der Waals surface area contributed by atoms with Crippen molar-refractivity contribution in [2.24, 2.45) is 0 Å². The molecule has 10 heteroatoms. The molecule has 2 aromatic heterocycles. The van der Waals surface area contributed by atoms with Crippen LogP contribution in [0.4, 0.5) is 14.6 Å². The summed E-state index contributed by atoms with van der Waals surface area (Å²) in [5.74, 6) is -1.02. The summed E-state index contributed by atoms with van der Waals surface area (Å²) in [7, 11) is -2.22. The molecule has 7 nitrogen and oxygen atoms in total. The molecule has 2 N–H and O–H groups in total. The van der Waals surface area contributed by atoms with Crippen molar-refractivity contribution in [1.29, 1.82) is 0 Å². The first-order valence-electron chi connectivity index (χ1n) is 9.97. The monoisotopic (exact) mass is 452 g/mol. The van der Waals surface area contributed by atoms with Crippen LogP contribution in [0.1, 0.15) is 43.7 Å². The lowest BCUT2D eigenvalue weighted by molar-refractivity contribution is 0.109. The SMILES string of the molecule is COC(C)c1nc2c(N)ncc(C)c2n1CCCCCS(=O)(=O)c1ccc(F)cc1F. The highest BCUT2D eigenvalue weighted by atomic mass is 32.2. The highest BCUT2D eigenvalue weighted by molar-refractivity contribution is 7.91. The quantitative estimate of drug-likeness (QED) is 0.390. The van der Waals surface area contributed by atoms with Crippen molar-refractivity contribution in [3.05, 3.63) is 47.4 Å². The second kappa shape index (κ2) is 9.27. The molecule has 3 aromatic rings. The van der Waals surface area contributed by atoms with E-state index in [2.05, 4.69) is 9.97 Å². The van der Waals surface area contributed by atoms with E-state index in [4.69, 9.17) is 10.5 Å². The van der Waals surface area contributed by atoms with Crippen molar-refractivity contribution in [2.75, 3.05) is 18.6 Å². The molecule has 0 spiro atoms. The smallest absolute Gasteiger partial charge is 0.181 e. The maximum atomic E-state index is 13.8. The van der Waals surface area contributed by atoms with Crippen LogP contribution >= 0.6 is 0 Å². The number of unbranched alkanes of at least 4 members (excludes halogenated alkanes) is 2. The number of nitrogens with zero attached hydrogens (tertiary/aromatic N) is 3. The molecule has 0 aliphatic heterocycles. The molecule has 0 aliphatic carbocycles. The molecule has 2 heterocycles. The van der Waals surface area contributed by atoms with Gasteiger partial charge in [-0.2, -0.15) is 0 Å². The lowest BCUT2D eigenvalue weighted by Crippen LogP contribution is -2.11. The van der Waals surface area contributed by atoms with Crippen molar-refractivity contribution in [3.63, 3.8) is 0 Å². The van der Waals surface area contributed by atoms with E-state index in [1.807, 2.05) is 18.4 Å². The summed E-state index contributed by atoms with van der Waals surface area (Å²) in [6.45, 7) is 4.41. The van der Waals surface area contributed by atoms with Gasteiger partial charge in [0.1, 0.15) is 34.0 Å². The Bertz CT molecular complexity index is 1200. The third kappa shape index (κ3) is 4.85. The van der Waals surface area contributed by atoms with Crippen LogP contribution in [0.2, 0.25) is 0 Å². The highest BCUT2D eigenvalue weighted by Crippen LogP contribution is 2.28. The number of benzene rings is 1. The number of anilines is 1. The van der Waals surface area contributed by atoms with Gasteiger partial charge in [-0.3, -0.25) is 0 Å². The van der Waals surface area contributed by atoms with Crippen molar-refractivity contribution < 1.29 is 21.9 Å². The average Bonchev–Trinajstić information content (AvgIpc) is 3.10. The van der Waals surface area contributed by atoms with Gasteiger partial charge in [0.05, 0.1) is 11.3 Å². The fourth-order valence-electron chi connectivity index (χ4n) is 3.56. The molecule has 0 saturated heterocycles. The zero-order valence-electron chi connectivity index (χ0n) is 17.7. The molecule has 0 aliphatic rings. The van der Waals surface area contributed by atoms with E-state index in [9.17, 15) is 17.2 Å². The fourth-order valence-corrected chi connectivity index (χ4v) is 4.99. The number of hydrogen-bond donors (Lipinski definition) is 1. The number of nitrogens with two attached hydrogens (primary N) is 1. The summed E-state index contributed by atoms with van der Waals surface area (Å²) in [5.41, 5.74) is 8.43. The van der Waals surface area contributed by atoms with Crippen LogP contribution in [0.25, 0.3) is 11.0 Å². The molecule has 0 radical (unpaired) electrons. The number of ether oxygens (including phenoxy) is 1. The maximum absolute atomic E-state index is 13.8. The number of fused-ring (bicyclic) bond motifs is 1. The molecule has 31 heavy (non-hydrogen) atoms. The first kappa shape index (κ1) is 23.1. The Morgan fingerprint density at radius 1 is 1.23 bits per heavy atom. The number of nitrogen functional groups attached to an aromatic ring is 1. The van der Waals surface area contributed by atoms with E-state index in [1.54, 1.807) is 13.3 Å². The Hall–Kier alpha value is -2.59. The Balaban J connectivity index is 1.70. The molecule has 0 bridgehead atoms. The topological polar surface area (TPSA) is 100 Å². The predicted octanol–water partition coefficient (Wildman–Crippen LogP) is 3.95. The van der Waals surface area contributed by atoms with Crippen LogP contribution in [0.15, 0.2) is 29.3 Å². The van der Waals surface area contributed by atoms with Crippen molar-refractivity contribution >= 4 is 26.7 Å². The zero-order chi connectivity index (χ0) is 22.8. The first-order chi connectivity index (χ1) is 14.7. The van der Waals surface area contributed by atoms with Gasteiger partial charge < -0.3 is 15.0 Å². The number of imidazole rings is 1. The van der Waals surface area contributed by atoms with Gasteiger partial charge in [0.2, 0.25) is 0 Å². The van der Waals surface area contributed by atoms with Gasteiger partial charge in [0, 0.05) is 25.9 Å². The van der Waals surface area contributed by atoms with Gasteiger partial charge in [-0.25, -0.2) is 27.2 Å². The van der Waals surface area contributed by atoms with Crippen LogP contribution in [0, 0.1) is 18.6 Å². The lowest BCUT2D eigenvalue weighted by atomic mass is 10.2. The van der Waals surface area contributed by atoms with E-state index in [0.29, 0.717) is 43.2 Å². The van der Waals surface area contributed by atoms with Crippen molar-refractivity contribution in [1.82, 2.24) is 14.5 Å². The standard InChI is InChI=1S/C21H26F2N4O3S/c1-13-12-25-20(24)18-19(13)27(21(26-18)14(2)30-3)9-5-4-6-10-31(28,29)17-8-7-15(22)11-16(17)23/h7-8,11-12,14H,4-6,9-10H2,1-3H3,(H2,24,25). The second-order valence-electron chi connectivity index (χ2n) is 7.48. The molecule has 3 rings (SSSR count). The normalized spacial score (nSPS) is 13.1. The van der Waals surface area contributed by atoms with Gasteiger partial charge in [-0.1, -0.05) is 6.42 Å². The molecule has 0 saturated carbocycles. The first-order valence-corrected chi connectivity index (χ1v) is 11.6. The van der Waals surface area contributed by atoms with E-state index in [0.717, 1.165) is 29.0 Å². The molecule has 168 valence electrons. The van der Waals surface area contributed by atoms with Gasteiger partial charge >= 0.3 is 0 Å². The third-order valence-electron chi connectivity index (χ3n) is 5.25. The number of hydrogen-bond acceptors (Lipinski definition) is 6. The number of aromatic nitrogens is 3. The minimum Gasteiger partial charge on any atom is -0.382 e. The molecule has 0 fully saturated rings. The average molecular weight is 453 g/mol. The summed E-state index contributed by atoms with van der Waals surface area (Å²) in [6.07, 6.45) is 3.07. The molecule has 1 aromatic carbocycles. The second-order valence-corrected chi connectivity index (χ2v) is 9.56. The van der Waals surface area contributed by atoms with Crippen molar-refractivity contribution in [2.45, 2.75) is 50.7 Å². The zero-order valence-corrected chi connectivity index (χ0v) is 18.5. The van der Waals surface area contributed by atoms with Crippen LogP contribution in [-0.4, -0.2) is 35.8 Å². The Morgan fingerprint density at radius 2 is 1.97 bits per heavy atom. The van der Waals surface area contributed by atoms with Crippen LogP contribution in [0.3, 0.4) is 0 Å². The largest absolute Gasteiger partial charge is 0.382 e. The highest BCUT2D eigenvalue weighted by Gasteiger charge is 2.21. The van der Waals surface area contributed by atoms with Crippen LogP contribution in [-0.2, 0) is 21.1 Å². The minimum absolute atomic E-state index is 0.211. The maximum Gasteiger partial charge on any atom is 0.181 e. The van der Waals surface area contributed by atoms with Gasteiger partial charge in [-0.15, -0.1) is 0 Å². The summed E-state index contributed by atoms with van der Waals surface area (Å²) in [4.78, 5) is 8.32.